The van der Waals surface area contributed by atoms with Gasteiger partial charge in [0, 0.05) is 6.07 Å². The molecule has 0 aliphatic heterocycles. The normalized spacial score (nSPS) is 36.4. The maximum absolute atomic E-state index is 14.3. The van der Waals surface area contributed by atoms with E-state index in [9.17, 15) is 19.6 Å². The van der Waals surface area contributed by atoms with Crippen LogP contribution in [0.25, 0.3) is 0 Å². The first-order valence-electron chi connectivity index (χ1n) is 10.1. The highest BCUT2D eigenvalue weighted by molar-refractivity contribution is 5.88. The predicted molar refractivity (Wildman–Crippen MR) is 95.9 cm³/mol. The Labute approximate surface area is 158 Å². The molecule has 5 heteroatoms. The summed E-state index contributed by atoms with van der Waals surface area (Å²) < 4.78 is 20.4. The third-order valence-electron chi connectivity index (χ3n) is 7.62. The van der Waals surface area contributed by atoms with Gasteiger partial charge < -0.3 is 9.84 Å². The minimum Gasteiger partial charge on any atom is -0.491 e. The van der Waals surface area contributed by atoms with Gasteiger partial charge in [0.1, 0.15) is 18.2 Å². The van der Waals surface area contributed by atoms with Gasteiger partial charge in [-0.1, -0.05) is 0 Å². The number of rotatable bonds is 5. The van der Waals surface area contributed by atoms with Crippen LogP contribution in [0.15, 0.2) is 12.1 Å². The van der Waals surface area contributed by atoms with Gasteiger partial charge in [0.2, 0.25) is 0 Å². The molecule has 1 aromatic rings. The molecule has 5 aliphatic carbocycles. The van der Waals surface area contributed by atoms with Gasteiger partial charge in [-0.3, -0.25) is 0 Å². The van der Waals surface area contributed by atoms with E-state index in [1.54, 1.807) is 0 Å². The number of hydrogen-bond acceptors (Lipinski definition) is 3. The molecule has 6 rings (SSSR count). The zero-order valence-corrected chi connectivity index (χ0v) is 15.3. The van der Waals surface area contributed by atoms with Crippen molar-refractivity contribution in [3.05, 3.63) is 29.1 Å². The lowest BCUT2D eigenvalue weighted by molar-refractivity contribution is -0.0943. The lowest BCUT2D eigenvalue weighted by Crippen LogP contribution is -2.54. The van der Waals surface area contributed by atoms with Crippen molar-refractivity contribution in [1.29, 1.82) is 5.26 Å². The van der Waals surface area contributed by atoms with Crippen molar-refractivity contribution in [2.24, 2.45) is 29.1 Å². The molecule has 0 unspecified atom stereocenters. The maximum Gasteiger partial charge on any atom is 0.338 e. The van der Waals surface area contributed by atoms with Gasteiger partial charge in [-0.25, -0.2) is 9.18 Å². The number of aromatic carboxylic acids is 1. The van der Waals surface area contributed by atoms with Crippen molar-refractivity contribution in [3.8, 4) is 11.8 Å². The van der Waals surface area contributed by atoms with Crippen molar-refractivity contribution in [2.75, 3.05) is 6.61 Å². The summed E-state index contributed by atoms with van der Waals surface area (Å²) in [6, 6.07) is 5.28. The van der Waals surface area contributed by atoms with Crippen molar-refractivity contribution < 1.29 is 19.0 Å². The van der Waals surface area contributed by atoms with Crippen molar-refractivity contribution in [1.82, 2.24) is 0 Å². The first-order valence-corrected chi connectivity index (χ1v) is 10.1. The van der Waals surface area contributed by atoms with Gasteiger partial charge in [-0.05, 0) is 86.2 Å². The number of carboxylic acid groups (broad SMARTS) is 1. The summed E-state index contributed by atoms with van der Waals surface area (Å²) in [6.07, 6.45) is 7.73. The van der Waals surface area contributed by atoms with Gasteiger partial charge >= 0.3 is 5.97 Å². The Morgan fingerprint density at radius 1 is 1.19 bits per heavy atom. The highest BCUT2D eigenvalue weighted by Crippen LogP contribution is 2.62. The molecule has 0 heterocycles. The van der Waals surface area contributed by atoms with Crippen LogP contribution in [0.4, 0.5) is 4.39 Å². The van der Waals surface area contributed by atoms with Crippen LogP contribution in [0.2, 0.25) is 0 Å². The summed E-state index contributed by atoms with van der Waals surface area (Å²) in [6.45, 7) is 0.295. The van der Waals surface area contributed by atoms with E-state index in [1.165, 1.54) is 18.6 Å². The quantitative estimate of drug-likeness (QED) is 0.813. The monoisotopic (exact) mass is 369 g/mol. The second-order valence-corrected chi connectivity index (χ2v) is 9.19. The van der Waals surface area contributed by atoms with Gasteiger partial charge in [0.05, 0.1) is 17.0 Å². The Morgan fingerprint density at radius 3 is 2.33 bits per heavy atom. The van der Waals surface area contributed by atoms with E-state index in [1.807, 2.05) is 0 Å². The van der Waals surface area contributed by atoms with Crippen LogP contribution < -0.4 is 4.74 Å². The number of nitriles is 1. The van der Waals surface area contributed by atoms with Crippen LogP contribution in [0.1, 0.15) is 66.8 Å². The first kappa shape index (κ1) is 17.0. The second kappa shape index (κ2) is 5.95. The third-order valence-corrected chi connectivity index (χ3v) is 7.62. The van der Waals surface area contributed by atoms with E-state index < -0.39 is 17.2 Å². The number of nitrogens with zero attached hydrogens (tertiary/aromatic N) is 1. The molecule has 27 heavy (non-hydrogen) atoms. The van der Waals surface area contributed by atoms with E-state index in [0.717, 1.165) is 55.9 Å². The number of hydrogen-bond donors (Lipinski definition) is 1. The maximum atomic E-state index is 14.3. The number of benzene rings is 1. The van der Waals surface area contributed by atoms with E-state index in [-0.39, 0.29) is 11.5 Å². The van der Waals surface area contributed by atoms with E-state index in [2.05, 4.69) is 6.07 Å². The lowest BCUT2D eigenvalue weighted by Gasteiger charge is -2.58. The topological polar surface area (TPSA) is 70.3 Å². The number of carbonyl (C=O) groups is 1. The van der Waals surface area contributed by atoms with Crippen LogP contribution in [0.3, 0.4) is 0 Å². The van der Waals surface area contributed by atoms with Gasteiger partial charge in [-0.15, -0.1) is 0 Å². The molecule has 1 N–H and O–H groups in total. The Bertz CT molecular complexity index is 811. The van der Waals surface area contributed by atoms with Crippen LogP contribution in [-0.2, 0) is 0 Å². The minimum atomic E-state index is -1.25. The van der Waals surface area contributed by atoms with Gasteiger partial charge in [-0.2, -0.15) is 5.26 Å². The second-order valence-electron chi connectivity index (χ2n) is 9.19. The van der Waals surface area contributed by atoms with Crippen molar-refractivity contribution in [2.45, 2.75) is 50.9 Å². The number of carboxylic acids is 1. The van der Waals surface area contributed by atoms with Crippen molar-refractivity contribution in [3.63, 3.8) is 0 Å². The van der Waals surface area contributed by atoms with Crippen molar-refractivity contribution >= 4 is 5.97 Å². The molecule has 0 amide bonds. The highest BCUT2D eigenvalue weighted by atomic mass is 19.1. The number of ether oxygens (including phenoxy) is 1. The molecule has 5 saturated carbocycles. The van der Waals surface area contributed by atoms with E-state index in [0.29, 0.717) is 24.2 Å². The Balaban J connectivity index is 1.43. The Morgan fingerprint density at radius 2 is 1.81 bits per heavy atom. The molecule has 142 valence electrons. The summed E-state index contributed by atoms with van der Waals surface area (Å²) in [5.74, 6) is 0.955. The lowest BCUT2D eigenvalue weighted by atomic mass is 9.46. The SMILES string of the molecule is N#CC1(COc2cc(F)c(C(=O)O)cc2C2CC2)C2C[C@H]3C[C@H](C2)C[C@H]1C3. The fourth-order valence-electron chi connectivity index (χ4n) is 6.25. The minimum absolute atomic E-state index is 0.246. The van der Waals surface area contributed by atoms with E-state index >= 15 is 0 Å². The molecule has 4 bridgehead atoms. The standard InChI is InChI=1S/C22H24FNO3/c23-19-9-20(17(14-1-2-14)8-18(19)21(25)26)27-11-22(10-24)15-4-12-3-13(6-15)7-16(22)5-12/h8-9,12-16H,1-7,11H2,(H,25,26)/t12-,13-,15-,16?,22?/m0/s1. The molecule has 1 aromatic carbocycles. The molecule has 4 nitrogen and oxygen atoms in total. The van der Waals surface area contributed by atoms with Crippen LogP contribution in [0.5, 0.6) is 5.75 Å². The molecule has 5 fully saturated rings. The average molecular weight is 369 g/mol. The van der Waals surface area contributed by atoms with Crippen LogP contribution in [0, 0.1) is 46.2 Å². The smallest absolute Gasteiger partial charge is 0.338 e. The zero-order valence-electron chi connectivity index (χ0n) is 15.3. The summed E-state index contributed by atoms with van der Waals surface area (Å²) >= 11 is 0. The van der Waals surface area contributed by atoms with E-state index in [4.69, 9.17) is 4.74 Å². The van der Waals surface area contributed by atoms with Crippen LogP contribution in [-0.4, -0.2) is 17.7 Å². The Hall–Kier alpha value is -2.09. The van der Waals surface area contributed by atoms with Crippen LogP contribution >= 0.6 is 0 Å². The van der Waals surface area contributed by atoms with Gasteiger partial charge in [0.15, 0.2) is 0 Å². The molecule has 0 aromatic heterocycles. The molecule has 0 saturated heterocycles. The molecule has 0 radical (unpaired) electrons. The molecular weight excluding hydrogens is 345 g/mol. The summed E-state index contributed by atoms with van der Waals surface area (Å²) in [4.78, 5) is 11.3. The largest absolute Gasteiger partial charge is 0.491 e. The summed E-state index contributed by atoms with van der Waals surface area (Å²) in [7, 11) is 0. The predicted octanol–water partition coefficient (Wildman–Crippen LogP) is 4.75. The molecule has 5 aliphatic rings. The Kier molecular flexibility index (Phi) is 3.76. The fourth-order valence-corrected chi connectivity index (χ4v) is 6.25. The summed E-state index contributed by atoms with van der Waals surface area (Å²) in [5.41, 5.74) is 0.00971. The highest BCUT2D eigenvalue weighted by Gasteiger charge is 2.58. The third kappa shape index (κ3) is 2.64. The average Bonchev–Trinajstić information content (AvgIpc) is 3.46. The number of halogens is 1. The summed E-state index contributed by atoms with van der Waals surface area (Å²) in [5, 5.41) is 19.3. The zero-order chi connectivity index (χ0) is 18.8. The molecular formula is C22H24FNO3. The fraction of sp³-hybridized carbons (Fsp3) is 0.636. The molecule has 0 spiro atoms. The first-order chi connectivity index (χ1) is 13.0. The van der Waals surface area contributed by atoms with Gasteiger partial charge in [0.25, 0.3) is 0 Å². The molecule has 0 atom stereocenters.